The summed E-state index contributed by atoms with van der Waals surface area (Å²) < 4.78 is 0. The molecule has 0 saturated heterocycles. The maximum Gasteiger partial charge on any atom is 0.0456 e. The van der Waals surface area contributed by atoms with Crippen molar-refractivity contribution in [1.82, 2.24) is 0 Å². The molecule has 0 amide bonds. The fourth-order valence-corrected chi connectivity index (χ4v) is 2.55. The molecule has 2 atom stereocenters. The minimum atomic E-state index is 0.164. The van der Waals surface area contributed by atoms with Gasteiger partial charge in [0, 0.05) is 22.0 Å². The van der Waals surface area contributed by atoms with E-state index in [0.717, 1.165) is 10.6 Å². The molecule has 2 N–H and O–H groups in total. The zero-order valence-electron chi connectivity index (χ0n) is 8.22. The van der Waals surface area contributed by atoms with Gasteiger partial charge in [0.2, 0.25) is 0 Å². The Kier molecular flexibility index (Phi) is 2.30. The molecular weight excluding hydrogens is 217 g/mol. The van der Waals surface area contributed by atoms with Crippen molar-refractivity contribution in [3.8, 4) is 0 Å². The Morgan fingerprint density at radius 2 is 1.86 bits per heavy atom. The van der Waals surface area contributed by atoms with E-state index in [-0.39, 0.29) is 11.5 Å². The number of hydrogen-bond acceptors (Lipinski definition) is 1. The molecule has 0 radical (unpaired) electrons. The molecule has 0 aromatic heterocycles. The van der Waals surface area contributed by atoms with E-state index in [4.69, 9.17) is 28.9 Å². The van der Waals surface area contributed by atoms with Gasteiger partial charge in [0.15, 0.2) is 0 Å². The van der Waals surface area contributed by atoms with Crippen LogP contribution in [0.15, 0.2) is 18.2 Å². The Morgan fingerprint density at radius 1 is 1.29 bits per heavy atom. The second-order valence-corrected chi connectivity index (χ2v) is 5.33. The Balaban J connectivity index is 2.36. The van der Waals surface area contributed by atoms with E-state index in [1.807, 2.05) is 12.1 Å². The van der Waals surface area contributed by atoms with Crippen LogP contribution in [0.25, 0.3) is 0 Å². The molecule has 1 fully saturated rings. The SMILES string of the molecule is CC1(C)C(N)C1c1ccc(Cl)cc1Cl. The van der Waals surface area contributed by atoms with Gasteiger partial charge in [0.25, 0.3) is 0 Å². The molecule has 2 unspecified atom stereocenters. The summed E-state index contributed by atoms with van der Waals surface area (Å²) in [4.78, 5) is 0. The molecule has 3 heteroatoms. The van der Waals surface area contributed by atoms with E-state index in [1.165, 1.54) is 0 Å². The van der Waals surface area contributed by atoms with Crippen LogP contribution in [0.4, 0.5) is 0 Å². The van der Waals surface area contributed by atoms with Crippen molar-refractivity contribution in [2.24, 2.45) is 11.1 Å². The van der Waals surface area contributed by atoms with Gasteiger partial charge in [0.1, 0.15) is 0 Å². The third kappa shape index (κ3) is 1.44. The molecule has 1 aliphatic carbocycles. The molecule has 1 nitrogen and oxygen atoms in total. The first-order valence-electron chi connectivity index (χ1n) is 4.65. The summed E-state index contributed by atoms with van der Waals surface area (Å²) in [5, 5.41) is 1.40. The highest BCUT2D eigenvalue weighted by Crippen LogP contribution is 2.58. The van der Waals surface area contributed by atoms with Crippen LogP contribution in [0.3, 0.4) is 0 Å². The maximum absolute atomic E-state index is 6.12. The molecule has 76 valence electrons. The summed E-state index contributed by atoms with van der Waals surface area (Å²) in [6.45, 7) is 4.32. The largest absolute Gasteiger partial charge is 0.327 e. The fourth-order valence-electron chi connectivity index (χ4n) is 2.03. The minimum Gasteiger partial charge on any atom is -0.327 e. The molecule has 1 saturated carbocycles. The standard InChI is InChI=1S/C11H13Cl2N/c1-11(2)9(10(11)14)7-4-3-6(12)5-8(7)13/h3-5,9-10H,14H2,1-2H3. The van der Waals surface area contributed by atoms with Crippen LogP contribution < -0.4 is 5.73 Å². The highest BCUT2D eigenvalue weighted by molar-refractivity contribution is 6.35. The second-order valence-electron chi connectivity index (χ2n) is 4.49. The van der Waals surface area contributed by atoms with E-state index in [2.05, 4.69) is 13.8 Å². The number of nitrogens with two attached hydrogens (primary N) is 1. The summed E-state index contributed by atoms with van der Waals surface area (Å²) in [5.74, 6) is 0.368. The fraction of sp³-hybridized carbons (Fsp3) is 0.455. The van der Waals surface area contributed by atoms with Gasteiger partial charge < -0.3 is 5.73 Å². The molecule has 0 heterocycles. The van der Waals surface area contributed by atoms with Gasteiger partial charge in [-0.3, -0.25) is 0 Å². The van der Waals surface area contributed by atoms with Crippen LogP contribution in [0.1, 0.15) is 25.3 Å². The quantitative estimate of drug-likeness (QED) is 0.785. The molecule has 1 aromatic carbocycles. The van der Waals surface area contributed by atoms with Crippen LogP contribution >= 0.6 is 23.2 Å². The van der Waals surface area contributed by atoms with Crippen molar-refractivity contribution in [3.05, 3.63) is 33.8 Å². The lowest BCUT2D eigenvalue weighted by molar-refractivity contribution is 0.599. The first kappa shape index (κ1) is 10.3. The summed E-state index contributed by atoms with van der Waals surface area (Å²) >= 11 is 12.0. The smallest absolute Gasteiger partial charge is 0.0456 e. The Bertz CT molecular complexity index is 374. The third-order valence-electron chi connectivity index (χ3n) is 3.21. The average molecular weight is 230 g/mol. The average Bonchev–Trinajstić information content (AvgIpc) is 2.54. The lowest BCUT2D eigenvalue weighted by Crippen LogP contribution is -2.06. The summed E-state index contributed by atoms with van der Waals surface area (Å²) in [6, 6.07) is 5.83. The highest BCUT2D eigenvalue weighted by Gasteiger charge is 2.56. The molecule has 0 spiro atoms. The van der Waals surface area contributed by atoms with Crippen LogP contribution in [-0.2, 0) is 0 Å². The minimum absolute atomic E-state index is 0.164. The zero-order valence-corrected chi connectivity index (χ0v) is 9.73. The maximum atomic E-state index is 6.12. The van der Waals surface area contributed by atoms with E-state index < -0.39 is 0 Å². The van der Waals surface area contributed by atoms with E-state index in [0.29, 0.717) is 10.9 Å². The summed E-state index contributed by atoms with van der Waals surface area (Å²) in [7, 11) is 0. The Labute approximate surface area is 94.2 Å². The molecule has 0 bridgehead atoms. The van der Waals surface area contributed by atoms with Crippen LogP contribution in [0.5, 0.6) is 0 Å². The van der Waals surface area contributed by atoms with E-state index in [9.17, 15) is 0 Å². The number of halogens is 2. The first-order chi connectivity index (χ1) is 6.44. The summed E-state index contributed by atoms with van der Waals surface area (Å²) in [6.07, 6.45) is 0. The lowest BCUT2D eigenvalue weighted by atomic mass is 10.0. The van der Waals surface area contributed by atoms with Gasteiger partial charge in [-0.1, -0.05) is 43.1 Å². The zero-order chi connectivity index (χ0) is 10.5. The van der Waals surface area contributed by atoms with Crippen molar-refractivity contribution in [1.29, 1.82) is 0 Å². The predicted molar refractivity (Wildman–Crippen MR) is 61.0 cm³/mol. The van der Waals surface area contributed by atoms with Gasteiger partial charge >= 0.3 is 0 Å². The van der Waals surface area contributed by atoms with Crippen LogP contribution in [-0.4, -0.2) is 6.04 Å². The third-order valence-corrected chi connectivity index (χ3v) is 3.77. The van der Waals surface area contributed by atoms with Gasteiger partial charge in [0.05, 0.1) is 0 Å². The van der Waals surface area contributed by atoms with Crippen molar-refractivity contribution in [2.75, 3.05) is 0 Å². The molecule has 2 rings (SSSR count). The Hall–Kier alpha value is -0.240. The second kappa shape index (κ2) is 3.13. The Morgan fingerprint density at radius 3 is 2.29 bits per heavy atom. The number of benzene rings is 1. The first-order valence-corrected chi connectivity index (χ1v) is 5.40. The van der Waals surface area contributed by atoms with Gasteiger partial charge in [-0.25, -0.2) is 0 Å². The molecule has 1 aromatic rings. The highest BCUT2D eigenvalue weighted by atomic mass is 35.5. The topological polar surface area (TPSA) is 26.0 Å². The predicted octanol–water partition coefficient (Wildman–Crippen LogP) is 3.44. The number of rotatable bonds is 1. The van der Waals surface area contributed by atoms with Crippen molar-refractivity contribution in [2.45, 2.75) is 25.8 Å². The molecule has 0 aliphatic heterocycles. The van der Waals surface area contributed by atoms with Crippen molar-refractivity contribution in [3.63, 3.8) is 0 Å². The lowest BCUT2D eigenvalue weighted by Gasteiger charge is -2.05. The van der Waals surface area contributed by atoms with Crippen LogP contribution in [0, 0.1) is 5.41 Å². The molecule has 1 aliphatic rings. The van der Waals surface area contributed by atoms with Gasteiger partial charge in [-0.2, -0.15) is 0 Å². The molecular formula is C11H13Cl2N. The van der Waals surface area contributed by atoms with Crippen molar-refractivity contribution < 1.29 is 0 Å². The van der Waals surface area contributed by atoms with Crippen molar-refractivity contribution >= 4 is 23.2 Å². The normalized spacial score (nSPS) is 28.9. The van der Waals surface area contributed by atoms with E-state index >= 15 is 0 Å². The van der Waals surface area contributed by atoms with E-state index in [1.54, 1.807) is 6.07 Å². The number of hydrogen-bond donors (Lipinski definition) is 1. The van der Waals surface area contributed by atoms with Gasteiger partial charge in [-0.15, -0.1) is 0 Å². The summed E-state index contributed by atoms with van der Waals surface area (Å²) in [5.41, 5.74) is 7.27. The van der Waals surface area contributed by atoms with Gasteiger partial charge in [-0.05, 0) is 23.1 Å². The van der Waals surface area contributed by atoms with Crippen LogP contribution in [0.2, 0.25) is 10.0 Å². The monoisotopic (exact) mass is 229 g/mol. The molecule has 14 heavy (non-hydrogen) atoms.